The van der Waals surface area contributed by atoms with Gasteiger partial charge < -0.3 is 9.13 Å². The maximum Gasteiger partial charge on any atom is 0.250 e. The highest BCUT2D eigenvalue weighted by Gasteiger charge is 2.16. The average Bonchev–Trinajstić information content (AvgIpc) is 2.73. The van der Waals surface area contributed by atoms with Crippen LogP contribution in [0, 0.1) is 0 Å². The summed E-state index contributed by atoms with van der Waals surface area (Å²) in [5, 5.41) is 1.20. The Hall–Kier alpha value is -2.55. The second-order valence-electron chi connectivity index (χ2n) is 5.64. The molecule has 1 aromatic carbocycles. The van der Waals surface area contributed by atoms with Crippen LogP contribution < -0.4 is 5.56 Å². The van der Waals surface area contributed by atoms with Crippen molar-refractivity contribution < 1.29 is 0 Å². The number of fused-ring (bicyclic) bond motifs is 4. The van der Waals surface area contributed by atoms with E-state index < -0.39 is 0 Å². The Kier molecular flexibility index (Phi) is 2.45. The summed E-state index contributed by atoms with van der Waals surface area (Å²) < 4.78 is 3.88. The molecule has 0 N–H and O–H groups in total. The van der Waals surface area contributed by atoms with Gasteiger partial charge in [-0.05, 0) is 35.7 Å². The van der Waals surface area contributed by atoms with Crippen molar-refractivity contribution in [3.8, 4) is 11.3 Å². The molecule has 0 spiro atoms. The van der Waals surface area contributed by atoms with Gasteiger partial charge in [-0.1, -0.05) is 18.2 Å². The first kappa shape index (κ1) is 12.2. The summed E-state index contributed by atoms with van der Waals surface area (Å²) in [5.74, 6) is 0. The van der Waals surface area contributed by atoms with Gasteiger partial charge in [-0.2, -0.15) is 0 Å². The maximum absolute atomic E-state index is 12.0. The predicted molar refractivity (Wildman–Crippen MR) is 86.3 cm³/mol. The fourth-order valence-corrected chi connectivity index (χ4v) is 3.19. The molecule has 2 heterocycles. The third-order valence-electron chi connectivity index (χ3n) is 4.34. The van der Waals surface area contributed by atoms with E-state index in [0.29, 0.717) is 0 Å². The highest BCUT2D eigenvalue weighted by Crippen LogP contribution is 2.33. The van der Waals surface area contributed by atoms with Crippen LogP contribution in [-0.4, -0.2) is 9.13 Å². The zero-order chi connectivity index (χ0) is 14.6. The lowest BCUT2D eigenvalue weighted by molar-refractivity contribution is 0.859. The summed E-state index contributed by atoms with van der Waals surface area (Å²) in [5.41, 5.74) is 5.79. The molecule has 1 aliphatic rings. The van der Waals surface area contributed by atoms with Crippen molar-refractivity contribution in [2.75, 3.05) is 0 Å². The molecule has 0 radical (unpaired) electrons. The van der Waals surface area contributed by atoms with Crippen LogP contribution in [-0.2, 0) is 20.5 Å². The van der Waals surface area contributed by atoms with Gasteiger partial charge in [0.25, 0.3) is 5.56 Å². The molecule has 1 aliphatic carbocycles. The highest BCUT2D eigenvalue weighted by atomic mass is 16.1. The minimum absolute atomic E-state index is 0.0368. The van der Waals surface area contributed by atoms with Gasteiger partial charge in [-0.15, -0.1) is 0 Å². The van der Waals surface area contributed by atoms with Crippen molar-refractivity contribution in [2.45, 2.75) is 6.42 Å². The normalized spacial score (nSPS) is 13.0. The lowest BCUT2D eigenvalue weighted by atomic mass is 9.99. The Balaban J connectivity index is 2.15. The molecule has 0 fully saturated rings. The second-order valence-corrected chi connectivity index (χ2v) is 5.64. The molecule has 0 amide bonds. The lowest BCUT2D eigenvalue weighted by Gasteiger charge is -2.14. The summed E-state index contributed by atoms with van der Waals surface area (Å²) in [6, 6.07) is 10.1. The number of aryl methyl sites for hydroxylation is 1. The Bertz CT molecular complexity index is 957. The van der Waals surface area contributed by atoms with Crippen LogP contribution in [0.2, 0.25) is 0 Å². The molecular formula is C18H16N2O. The topological polar surface area (TPSA) is 26.9 Å². The number of rotatable bonds is 0. The van der Waals surface area contributed by atoms with Crippen LogP contribution in [0.25, 0.3) is 28.2 Å². The number of hydrogen-bond acceptors (Lipinski definition) is 1. The molecule has 0 saturated heterocycles. The van der Waals surface area contributed by atoms with Crippen LogP contribution in [0.5, 0.6) is 0 Å². The summed E-state index contributed by atoms with van der Waals surface area (Å²) in [4.78, 5) is 12.0. The van der Waals surface area contributed by atoms with Crippen molar-refractivity contribution in [3.63, 3.8) is 0 Å². The molecule has 0 atom stereocenters. The second kappa shape index (κ2) is 4.22. The van der Waals surface area contributed by atoms with Crippen molar-refractivity contribution in [3.05, 3.63) is 64.1 Å². The molecule has 0 bridgehead atoms. The summed E-state index contributed by atoms with van der Waals surface area (Å²) >= 11 is 0. The summed E-state index contributed by atoms with van der Waals surface area (Å²) in [6.07, 6.45) is 7.25. The maximum atomic E-state index is 12.0. The van der Waals surface area contributed by atoms with E-state index in [4.69, 9.17) is 0 Å². The molecule has 0 aliphatic heterocycles. The van der Waals surface area contributed by atoms with Crippen molar-refractivity contribution >= 4 is 17.0 Å². The number of benzene rings is 1. The first-order valence-corrected chi connectivity index (χ1v) is 7.10. The highest BCUT2D eigenvalue weighted by molar-refractivity contribution is 5.91. The van der Waals surface area contributed by atoms with Crippen LogP contribution in [0.4, 0.5) is 0 Å². The molecule has 21 heavy (non-hydrogen) atoms. The lowest BCUT2D eigenvalue weighted by Crippen LogP contribution is -2.18. The first-order chi connectivity index (χ1) is 10.1. The summed E-state index contributed by atoms with van der Waals surface area (Å²) in [7, 11) is 3.91. The van der Waals surface area contributed by atoms with Crippen LogP contribution in [0.3, 0.4) is 0 Å². The Morgan fingerprint density at radius 1 is 1.10 bits per heavy atom. The van der Waals surface area contributed by atoms with Crippen LogP contribution in [0.1, 0.15) is 11.1 Å². The fraction of sp³-hybridized carbons (Fsp3) is 0.167. The molecule has 4 rings (SSSR count). The number of aromatic nitrogens is 2. The van der Waals surface area contributed by atoms with Gasteiger partial charge in [0.1, 0.15) is 0 Å². The molecular weight excluding hydrogens is 260 g/mol. The van der Waals surface area contributed by atoms with E-state index in [9.17, 15) is 4.79 Å². The zero-order valence-corrected chi connectivity index (χ0v) is 12.1. The van der Waals surface area contributed by atoms with Crippen molar-refractivity contribution in [2.24, 2.45) is 14.1 Å². The van der Waals surface area contributed by atoms with E-state index in [-0.39, 0.29) is 5.56 Å². The van der Waals surface area contributed by atoms with E-state index in [2.05, 4.69) is 48.2 Å². The molecule has 0 unspecified atom stereocenters. The fourth-order valence-electron chi connectivity index (χ4n) is 3.19. The third-order valence-corrected chi connectivity index (χ3v) is 4.34. The monoisotopic (exact) mass is 276 g/mol. The quantitative estimate of drug-likeness (QED) is 0.620. The standard InChI is InChI=1S/C18H16N2O/c1-19-9-8-14-10-15-13(11-16(14)19)5-3-4-12-6-7-17(21)20(2)18(12)15/h3,5-11H,4H2,1-2H3. The number of allylic oxidation sites excluding steroid dienone is 1. The Morgan fingerprint density at radius 3 is 2.81 bits per heavy atom. The van der Waals surface area contributed by atoms with E-state index in [0.717, 1.165) is 17.7 Å². The van der Waals surface area contributed by atoms with Crippen molar-refractivity contribution in [1.29, 1.82) is 0 Å². The SMILES string of the molecule is Cn1c2c(ccc1=O)CC=Cc1cc3c(ccn3C)cc1-2. The average molecular weight is 276 g/mol. The first-order valence-electron chi connectivity index (χ1n) is 7.10. The van der Waals surface area contributed by atoms with E-state index in [1.54, 1.807) is 10.6 Å². The zero-order valence-electron chi connectivity index (χ0n) is 12.1. The van der Waals surface area contributed by atoms with E-state index >= 15 is 0 Å². The summed E-state index contributed by atoms with van der Waals surface area (Å²) in [6.45, 7) is 0. The molecule has 3 nitrogen and oxygen atoms in total. The number of hydrogen-bond donors (Lipinski definition) is 0. The van der Waals surface area contributed by atoms with Crippen LogP contribution in [0.15, 0.2) is 47.4 Å². The minimum atomic E-state index is 0.0368. The molecule has 2 aromatic heterocycles. The van der Waals surface area contributed by atoms with Gasteiger partial charge >= 0.3 is 0 Å². The minimum Gasteiger partial charge on any atom is -0.351 e. The smallest absolute Gasteiger partial charge is 0.250 e. The third kappa shape index (κ3) is 1.70. The van der Waals surface area contributed by atoms with E-state index in [1.165, 1.54) is 22.0 Å². The van der Waals surface area contributed by atoms with Crippen LogP contribution >= 0.6 is 0 Å². The van der Waals surface area contributed by atoms with Crippen molar-refractivity contribution in [1.82, 2.24) is 9.13 Å². The molecule has 3 heteroatoms. The Labute approximate surface area is 122 Å². The Morgan fingerprint density at radius 2 is 1.95 bits per heavy atom. The van der Waals surface area contributed by atoms with Gasteiger partial charge in [0.15, 0.2) is 0 Å². The van der Waals surface area contributed by atoms with Gasteiger partial charge in [0, 0.05) is 42.8 Å². The molecule has 104 valence electrons. The largest absolute Gasteiger partial charge is 0.351 e. The number of pyridine rings is 1. The predicted octanol–water partition coefficient (Wildman–Crippen LogP) is 3.11. The van der Waals surface area contributed by atoms with Gasteiger partial charge in [0.05, 0.1) is 5.69 Å². The van der Waals surface area contributed by atoms with Gasteiger partial charge in [-0.25, -0.2) is 0 Å². The molecule has 0 saturated carbocycles. The number of nitrogens with zero attached hydrogens (tertiary/aromatic N) is 2. The van der Waals surface area contributed by atoms with E-state index in [1.807, 2.05) is 13.1 Å². The van der Waals surface area contributed by atoms with Gasteiger partial charge in [-0.3, -0.25) is 4.79 Å². The molecule has 3 aromatic rings. The van der Waals surface area contributed by atoms with Gasteiger partial charge in [0.2, 0.25) is 0 Å².